The Balaban J connectivity index is 1.94. The molecule has 0 bridgehead atoms. The average Bonchev–Trinajstić information content (AvgIpc) is 2.53. The van der Waals surface area contributed by atoms with Crippen LogP contribution in [-0.2, 0) is 6.42 Å². The number of aromatic nitrogens is 1. The zero-order valence-corrected chi connectivity index (χ0v) is 11.8. The SMILES string of the molecule is CNc1ccc(C(=O)N(C)CCc2ccncc2)cc1. The molecule has 4 heteroatoms. The molecule has 1 aromatic carbocycles. The van der Waals surface area contributed by atoms with E-state index in [1.54, 1.807) is 17.3 Å². The number of anilines is 1. The molecule has 0 atom stereocenters. The Bertz CT molecular complexity index is 552. The van der Waals surface area contributed by atoms with Crippen LogP contribution in [0.15, 0.2) is 48.8 Å². The van der Waals surface area contributed by atoms with Crippen LogP contribution >= 0.6 is 0 Å². The molecule has 1 aromatic heterocycles. The van der Waals surface area contributed by atoms with Crippen LogP contribution < -0.4 is 5.32 Å². The number of pyridine rings is 1. The predicted molar refractivity (Wildman–Crippen MR) is 80.9 cm³/mol. The molecule has 104 valence electrons. The zero-order valence-electron chi connectivity index (χ0n) is 11.8. The van der Waals surface area contributed by atoms with Crippen molar-refractivity contribution in [2.75, 3.05) is 26.0 Å². The van der Waals surface area contributed by atoms with E-state index >= 15 is 0 Å². The number of hydrogen-bond donors (Lipinski definition) is 1. The second kappa shape index (κ2) is 6.70. The van der Waals surface area contributed by atoms with Crippen molar-refractivity contribution in [3.8, 4) is 0 Å². The predicted octanol–water partition coefficient (Wildman–Crippen LogP) is 2.44. The molecule has 0 radical (unpaired) electrons. The lowest BCUT2D eigenvalue weighted by Gasteiger charge is -2.17. The number of amides is 1. The van der Waals surface area contributed by atoms with Gasteiger partial charge in [-0.25, -0.2) is 0 Å². The van der Waals surface area contributed by atoms with Gasteiger partial charge in [-0.2, -0.15) is 0 Å². The van der Waals surface area contributed by atoms with Crippen molar-refractivity contribution in [3.63, 3.8) is 0 Å². The second-order valence-electron chi connectivity index (χ2n) is 4.66. The van der Waals surface area contributed by atoms with Crippen molar-refractivity contribution in [1.82, 2.24) is 9.88 Å². The number of carbonyl (C=O) groups is 1. The lowest BCUT2D eigenvalue weighted by atomic mass is 10.1. The van der Waals surface area contributed by atoms with Crippen molar-refractivity contribution in [1.29, 1.82) is 0 Å². The summed E-state index contributed by atoms with van der Waals surface area (Å²) in [5.41, 5.74) is 2.90. The van der Waals surface area contributed by atoms with E-state index in [0.717, 1.165) is 12.1 Å². The van der Waals surface area contributed by atoms with E-state index in [0.29, 0.717) is 12.1 Å². The Hall–Kier alpha value is -2.36. The van der Waals surface area contributed by atoms with Crippen LogP contribution in [-0.4, -0.2) is 36.4 Å². The Morgan fingerprint density at radius 3 is 2.40 bits per heavy atom. The molecule has 0 saturated carbocycles. The van der Waals surface area contributed by atoms with E-state index in [-0.39, 0.29) is 5.91 Å². The van der Waals surface area contributed by atoms with Crippen LogP contribution in [0.5, 0.6) is 0 Å². The van der Waals surface area contributed by atoms with Gasteiger partial charge >= 0.3 is 0 Å². The van der Waals surface area contributed by atoms with Crippen molar-refractivity contribution in [2.24, 2.45) is 0 Å². The molecule has 1 N–H and O–H groups in total. The van der Waals surface area contributed by atoms with Gasteiger partial charge in [0.25, 0.3) is 5.91 Å². The molecule has 0 aliphatic carbocycles. The summed E-state index contributed by atoms with van der Waals surface area (Å²) in [5.74, 6) is 0.0432. The molecular weight excluding hydrogens is 250 g/mol. The minimum absolute atomic E-state index is 0.0432. The summed E-state index contributed by atoms with van der Waals surface area (Å²) in [6.45, 7) is 0.691. The van der Waals surface area contributed by atoms with Gasteiger partial charge in [0.1, 0.15) is 0 Å². The highest BCUT2D eigenvalue weighted by atomic mass is 16.2. The number of nitrogens with one attached hydrogen (secondary N) is 1. The van der Waals surface area contributed by atoms with Gasteiger partial charge in [0.15, 0.2) is 0 Å². The van der Waals surface area contributed by atoms with Crippen molar-refractivity contribution in [3.05, 3.63) is 59.9 Å². The van der Waals surface area contributed by atoms with Gasteiger partial charge in [0.2, 0.25) is 0 Å². The smallest absolute Gasteiger partial charge is 0.253 e. The number of benzene rings is 1. The van der Waals surface area contributed by atoms with Gasteiger partial charge < -0.3 is 10.2 Å². The van der Waals surface area contributed by atoms with Crippen molar-refractivity contribution >= 4 is 11.6 Å². The molecule has 1 heterocycles. The zero-order chi connectivity index (χ0) is 14.4. The lowest BCUT2D eigenvalue weighted by molar-refractivity contribution is 0.0796. The summed E-state index contributed by atoms with van der Waals surface area (Å²) in [6, 6.07) is 11.4. The summed E-state index contributed by atoms with van der Waals surface area (Å²) in [7, 11) is 3.69. The molecule has 1 amide bonds. The van der Waals surface area contributed by atoms with E-state index in [2.05, 4.69) is 10.3 Å². The van der Waals surface area contributed by atoms with Crippen LogP contribution in [0.2, 0.25) is 0 Å². The van der Waals surface area contributed by atoms with Gasteiger partial charge in [-0.3, -0.25) is 9.78 Å². The first-order valence-electron chi connectivity index (χ1n) is 6.63. The Morgan fingerprint density at radius 1 is 1.15 bits per heavy atom. The van der Waals surface area contributed by atoms with Gasteiger partial charge in [-0.05, 0) is 48.4 Å². The first-order valence-corrected chi connectivity index (χ1v) is 6.63. The Kier molecular flexibility index (Phi) is 4.71. The van der Waals surface area contributed by atoms with Crippen LogP contribution in [0.3, 0.4) is 0 Å². The molecular formula is C16H19N3O. The molecule has 20 heavy (non-hydrogen) atoms. The van der Waals surface area contributed by atoms with E-state index in [9.17, 15) is 4.79 Å². The number of nitrogens with zero attached hydrogens (tertiary/aromatic N) is 2. The standard InChI is InChI=1S/C16H19N3O/c1-17-15-5-3-14(4-6-15)16(20)19(2)12-9-13-7-10-18-11-8-13/h3-8,10-11,17H,9,12H2,1-2H3. The third-order valence-electron chi connectivity index (χ3n) is 3.25. The van der Waals surface area contributed by atoms with E-state index in [1.807, 2.05) is 50.5 Å². The third-order valence-corrected chi connectivity index (χ3v) is 3.25. The van der Waals surface area contributed by atoms with Gasteiger partial charge in [0, 0.05) is 44.3 Å². The molecule has 0 unspecified atom stereocenters. The third kappa shape index (κ3) is 3.57. The van der Waals surface area contributed by atoms with Crippen molar-refractivity contribution < 1.29 is 4.79 Å². The van der Waals surface area contributed by atoms with E-state index < -0.39 is 0 Å². The highest BCUT2D eigenvalue weighted by molar-refractivity contribution is 5.94. The maximum Gasteiger partial charge on any atom is 0.253 e. The minimum Gasteiger partial charge on any atom is -0.388 e. The summed E-state index contributed by atoms with van der Waals surface area (Å²) >= 11 is 0. The quantitative estimate of drug-likeness (QED) is 0.906. The largest absolute Gasteiger partial charge is 0.388 e. The van der Waals surface area contributed by atoms with E-state index in [4.69, 9.17) is 0 Å². The van der Waals surface area contributed by atoms with Crippen LogP contribution in [0, 0.1) is 0 Å². The molecule has 4 nitrogen and oxygen atoms in total. The highest BCUT2D eigenvalue weighted by Gasteiger charge is 2.11. The Morgan fingerprint density at radius 2 is 1.80 bits per heavy atom. The fourth-order valence-corrected chi connectivity index (χ4v) is 1.95. The van der Waals surface area contributed by atoms with Crippen LogP contribution in [0.25, 0.3) is 0 Å². The van der Waals surface area contributed by atoms with Gasteiger partial charge in [0.05, 0.1) is 0 Å². The monoisotopic (exact) mass is 269 g/mol. The molecule has 0 spiro atoms. The van der Waals surface area contributed by atoms with Crippen LogP contribution in [0.1, 0.15) is 15.9 Å². The number of hydrogen-bond acceptors (Lipinski definition) is 3. The lowest BCUT2D eigenvalue weighted by Crippen LogP contribution is -2.28. The van der Waals surface area contributed by atoms with Crippen molar-refractivity contribution in [2.45, 2.75) is 6.42 Å². The summed E-state index contributed by atoms with van der Waals surface area (Å²) in [5, 5.41) is 3.04. The number of carbonyl (C=O) groups excluding carboxylic acids is 1. The maximum atomic E-state index is 12.3. The number of rotatable bonds is 5. The molecule has 2 rings (SSSR count). The first-order chi connectivity index (χ1) is 9.70. The van der Waals surface area contributed by atoms with Gasteiger partial charge in [-0.1, -0.05) is 0 Å². The normalized spacial score (nSPS) is 10.1. The molecule has 0 saturated heterocycles. The topological polar surface area (TPSA) is 45.2 Å². The van der Waals surface area contributed by atoms with Crippen LogP contribution in [0.4, 0.5) is 5.69 Å². The van der Waals surface area contributed by atoms with Gasteiger partial charge in [-0.15, -0.1) is 0 Å². The average molecular weight is 269 g/mol. The molecule has 2 aromatic rings. The van der Waals surface area contributed by atoms with E-state index in [1.165, 1.54) is 5.56 Å². The minimum atomic E-state index is 0.0432. The second-order valence-corrected chi connectivity index (χ2v) is 4.66. The first kappa shape index (κ1) is 14.1. The summed E-state index contributed by atoms with van der Waals surface area (Å²) in [4.78, 5) is 18.0. The molecule has 0 aliphatic heterocycles. The molecule has 0 aliphatic rings. The molecule has 0 fully saturated rings. The summed E-state index contributed by atoms with van der Waals surface area (Å²) < 4.78 is 0. The summed E-state index contributed by atoms with van der Waals surface area (Å²) in [6.07, 6.45) is 4.38. The Labute approximate surface area is 119 Å². The maximum absolute atomic E-state index is 12.3. The fraction of sp³-hybridized carbons (Fsp3) is 0.250. The highest BCUT2D eigenvalue weighted by Crippen LogP contribution is 2.10. The fourth-order valence-electron chi connectivity index (χ4n) is 1.95. The number of likely N-dealkylation sites (N-methyl/N-ethyl adjacent to an activating group) is 1.